The quantitative estimate of drug-likeness (QED) is 0.0955. The molecule has 0 saturated carbocycles. The Morgan fingerprint density at radius 3 is 2.32 bits per heavy atom. The molecular weight excluding hydrogens is 468 g/mol. The summed E-state index contributed by atoms with van der Waals surface area (Å²) in [6.07, 6.45) is -0.928. The van der Waals surface area contributed by atoms with E-state index in [1.165, 1.54) is 12.1 Å². The predicted molar refractivity (Wildman–Crippen MR) is 124 cm³/mol. The summed E-state index contributed by atoms with van der Waals surface area (Å²) in [6.45, 7) is 0.672. The van der Waals surface area contributed by atoms with Crippen molar-refractivity contribution in [1.29, 1.82) is 0 Å². The summed E-state index contributed by atoms with van der Waals surface area (Å²) >= 11 is 5.22. The Morgan fingerprint density at radius 2 is 1.74 bits per heavy atom. The average molecular weight is 497 g/mol. The van der Waals surface area contributed by atoms with Gasteiger partial charge in [-0.2, -0.15) is 0 Å². The Kier molecular flexibility index (Phi) is 10.5. The zero-order valence-corrected chi connectivity index (χ0v) is 19.0. The second-order valence-corrected chi connectivity index (χ2v) is 8.07. The van der Waals surface area contributed by atoms with Gasteiger partial charge >= 0.3 is 11.9 Å². The maximum Gasteiger partial charge on any atom is 0.317 e. The van der Waals surface area contributed by atoms with E-state index in [4.69, 9.17) is 38.3 Å². The monoisotopic (exact) mass is 496 g/mol. The number of ether oxygens (including phenoxy) is 2. The van der Waals surface area contributed by atoms with Crippen LogP contribution < -0.4 is 15.4 Å². The Bertz CT molecular complexity index is 875. The minimum absolute atomic E-state index is 0.234. The fraction of sp³-hybridized carbons (Fsp3) is 0.500. The summed E-state index contributed by atoms with van der Waals surface area (Å²) in [7, 11) is 0. The smallest absolute Gasteiger partial charge is 0.317 e. The molecule has 2 rings (SSSR count). The molecule has 1 saturated heterocycles. The van der Waals surface area contributed by atoms with Gasteiger partial charge < -0.3 is 45.6 Å². The van der Waals surface area contributed by atoms with Gasteiger partial charge in [-0.25, -0.2) is 0 Å². The lowest BCUT2D eigenvalue weighted by Gasteiger charge is -2.40. The molecular formula is C22H28N2O9S. The maximum atomic E-state index is 11.2. The molecule has 0 spiro atoms. The highest BCUT2D eigenvalue weighted by Crippen LogP contribution is 2.28. The summed E-state index contributed by atoms with van der Waals surface area (Å²) in [5.41, 5.74) is 0.651. The van der Waals surface area contributed by atoms with Gasteiger partial charge in [0, 0.05) is 25.1 Å². The molecule has 0 aromatic heterocycles. The standard InChI is InChI=1S/C22H28N2O9S/c1-2-3-4-5-10-23-22(34)24-12-6-8-13(9-7-12)32-21-18(27)17(26)16(25)15(33-21)11-14(19(28)29)20(30)31/h1,6-9,14-18,21,25-27H,3-5,10-11H2,(H,28,29)(H,30,31)(H2,23,24,34)/t15?,16-,17+,18+,21+/m1/s1. The minimum atomic E-state index is -1.87. The molecule has 11 nitrogen and oxygen atoms in total. The zero-order chi connectivity index (χ0) is 25.3. The van der Waals surface area contributed by atoms with E-state index in [9.17, 15) is 24.9 Å². The van der Waals surface area contributed by atoms with E-state index in [2.05, 4.69) is 16.6 Å². The van der Waals surface area contributed by atoms with Crippen LogP contribution in [0.1, 0.15) is 25.7 Å². The molecule has 0 radical (unpaired) electrons. The molecule has 34 heavy (non-hydrogen) atoms. The molecule has 1 aromatic carbocycles. The van der Waals surface area contributed by atoms with Gasteiger partial charge in [0.1, 0.15) is 24.1 Å². The average Bonchev–Trinajstić information content (AvgIpc) is 2.79. The number of benzene rings is 1. The van der Waals surface area contributed by atoms with Crippen LogP contribution in [-0.4, -0.2) is 79.8 Å². The number of carboxylic acids is 2. The first-order chi connectivity index (χ1) is 16.1. The van der Waals surface area contributed by atoms with Gasteiger partial charge in [-0.3, -0.25) is 9.59 Å². The molecule has 0 amide bonds. The van der Waals surface area contributed by atoms with Crippen LogP contribution in [0, 0.1) is 18.3 Å². The van der Waals surface area contributed by atoms with E-state index < -0.39 is 55.0 Å². The van der Waals surface area contributed by atoms with Crippen molar-refractivity contribution >= 4 is 35.0 Å². The van der Waals surface area contributed by atoms with Crippen LogP contribution in [-0.2, 0) is 14.3 Å². The number of unbranched alkanes of at least 4 members (excludes halogenated alkanes) is 2. The van der Waals surface area contributed by atoms with E-state index >= 15 is 0 Å². The number of aliphatic carboxylic acids is 2. The summed E-state index contributed by atoms with van der Waals surface area (Å²) in [5.74, 6) is -2.31. The van der Waals surface area contributed by atoms with Gasteiger partial charge in [-0.05, 0) is 49.3 Å². The highest BCUT2D eigenvalue weighted by molar-refractivity contribution is 7.80. The fourth-order valence-electron chi connectivity index (χ4n) is 3.23. The molecule has 1 aliphatic heterocycles. The summed E-state index contributed by atoms with van der Waals surface area (Å²) in [6, 6.07) is 6.37. The van der Waals surface area contributed by atoms with E-state index in [1.807, 2.05) is 0 Å². The summed E-state index contributed by atoms with van der Waals surface area (Å²) < 4.78 is 11.0. The first-order valence-electron chi connectivity index (χ1n) is 10.5. The molecule has 1 unspecified atom stereocenters. The van der Waals surface area contributed by atoms with Crippen LogP contribution in [0.15, 0.2) is 24.3 Å². The van der Waals surface area contributed by atoms with Crippen molar-refractivity contribution in [2.45, 2.75) is 56.4 Å². The normalized spacial score (nSPS) is 24.1. The molecule has 1 heterocycles. The van der Waals surface area contributed by atoms with Gasteiger partial charge in [-0.1, -0.05) is 0 Å². The first kappa shape index (κ1) is 27.3. The number of thiocarbonyl (C=S) groups is 1. The number of hydrogen-bond acceptors (Lipinski definition) is 8. The minimum Gasteiger partial charge on any atom is -0.481 e. The molecule has 1 aliphatic rings. The molecule has 0 bridgehead atoms. The third-order valence-corrected chi connectivity index (χ3v) is 5.38. The van der Waals surface area contributed by atoms with E-state index in [-0.39, 0.29) is 5.75 Å². The van der Waals surface area contributed by atoms with Crippen LogP contribution in [0.3, 0.4) is 0 Å². The molecule has 186 valence electrons. The molecule has 0 aliphatic carbocycles. The van der Waals surface area contributed by atoms with E-state index in [0.717, 1.165) is 12.8 Å². The van der Waals surface area contributed by atoms with Gasteiger partial charge in [0.25, 0.3) is 0 Å². The van der Waals surface area contributed by atoms with Crippen LogP contribution in [0.5, 0.6) is 5.75 Å². The van der Waals surface area contributed by atoms with Crippen LogP contribution in [0.25, 0.3) is 0 Å². The summed E-state index contributed by atoms with van der Waals surface area (Å²) in [5, 5.41) is 55.0. The first-order valence-corrected chi connectivity index (χ1v) is 10.9. The lowest BCUT2D eigenvalue weighted by atomic mass is 9.91. The second-order valence-electron chi connectivity index (χ2n) is 7.66. The molecule has 7 N–H and O–H groups in total. The lowest BCUT2D eigenvalue weighted by molar-refractivity contribution is -0.275. The van der Waals surface area contributed by atoms with Gasteiger partial charge in [-0.15, -0.1) is 12.3 Å². The number of rotatable bonds is 11. The molecule has 1 fully saturated rings. The molecule has 1 aromatic rings. The SMILES string of the molecule is C#CCCCCNC(=S)Nc1ccc(O[C@H]2OC(CC(C(=O)O)C(=O)O)[C@@H](O)[C@H](O)[C@@H]2O)cc1. The Hall–Kier alpha value is -2.95. The van der Waals surface area contributed by atoms with Crippen molar-refractivity contribution < 1.29 is 44.6 Å². The molecule has 12 heteroatoms. The number of carboxylic acid groups (broad SMARTS) is 2. The number of hydrogen-bond donors (Lipinski definition) is 7. The summed E-state index contributed by atoms with van der Waals surface area (Å²) in [4.78, 5) is 22.3. The van der Waals surface area contributed by atoms with Crippen molar-refractivity contribution in [2.24, 2.45) is 5.92 Å². The highest BCUT2D eigenvalue weighted by Gasteiger charge is 2.47. The number of aliphatic hydroxyl groups excluding tert-OH is 3. The number of aliphatic hydroxyl groups is 3. The Morgan fingerprint density at radius 1 is 1.09 bits per heavy atom. The van der Waals surface area contributed by atoms with Crippen molar-refractivity contribution in [3.63, 3.8) is 0 Å². The van der Waals surface area contributed by atoms with Crippen LogP contribution in [0.4, 0.5) is 5.69 Å². The Balaban J connectivity index is 1.95. The maximum absolute atomic E-state index is 11.2. The largest absolute Gasteiger partial charge is 0.481 e. The number of anilines is 1. The zero-order valence-electron chi connectivity index (χ0n) is 18.2. The third kappa shape index (κ3) is 7.82. The van der Waals surface area contributed by atoms with Crippen molar-refractivity contribution in [1.82, 2.24) is 5.32 Å². The predicted octanol–water partition coefficient (Wildman–Crippen LogP) is 0.138. The van der Waals surface area contributed by atoms with E-state index in [1.54, 1.807) is 12.1 Å². The van der Waals surface area contributed by atoms with Crippen molar-refractivity contribution in [3.8, 4) is 18.1 Å². The molecule has 5 atom stereocenters. The fourth-order valence-corrected chi connectivity index (χ4v) is 3.45. The highest BCUT2D eigenvalue weighted by atomic mass is 32.1. The van der Waals surface area contributed by atoms with Crippen LogP contribution in [0.2, 0.25) is 0 Å². The Labute approximate surface area is 201 Å². The second kappa shape index (κ2) is 13.1. The van der Waals surface area contributed by atoms with Crippen molar-refractivity contribution in [3.05, 3.63) is 24.3 Å². The third-order valence-electron chi connectivity index (χ3n) is 5.13. The number of carbonyl (C=O) groups is 2. The van der Waals surface area contributed by atoms with E-state index in [0.29, 0.717) is 23.8 Å². The number of terminal acetylenes is 1. The number of nitrogens with one attached hydrogen (secondary N) is 2. The van der Waals surface area contributed by atoms with Crippen molar-refractivity contribution in [2.75, 3.05) is 11.9 Å². The van der Waals surface area contributed by atoms with Gasteiger partial charge in [0.2, 0.25) is 6.29 Å². The van der Waals surface area contributed by atoms with Crippen LogP contribution >= 0.6 is 12.2 Å². The van der Waals surface area contributed by atoms with Gasteiger partial charge in [0.15, 0.2) is 11.0 Å². The van der Waals surface area contributed by atoms with Gasteiger partial charge in [0.05, 0.1) is 6.10 Å². The lowest BCUT2D eigenvalue weighted by Crippen LogP contribution is -2.59. The topological polar surface area (TPSA) is 178 Å².